The van der Waals surface area contributed by atoms with Crippen molar-refractivity contribution in [3.63, 3.8) is 0 Å². The first-order valence-corrected chi connectivity index (χ1v) is 8.43. The van der Waals surface area contributed by atoms with Crippen LogP contribution in [-0.4, -0.2) is 31.5 Å². The summed E-state index contributed by atoms with van der Waals surface area (Å²) in [5.74, 6) is 0.0440. The lowest BCUT2D eigenvalue weighted by Crippen LogP contribution is -2.40. The molecule has 3 nitrogen and oxygen atoms in total. The Morgan fingerprint density at radius 2 is 1.90 bits per heavy atom. The molecule has 0 heterocycles. The van der Waals surface area contributed by atoms with Crippen LogP contribution in [0.1, 0.15) is 18.4 Å². The van der Waals surface area contributed by atoms with Crippen molar-refractivity contribution in [2.45, 2.75) is 35.8 Å². The highest BCUT2D eigenvalue weighted by molar-refractivity contribution is 7.89. The summed E-state index contributed by atoms with van der Waals surface area (Å²) in [4.78, 5) is -0.335. The predicted molar refractivity (Wildman–Crippen MR) is 74.0 cm³/mol. The second-order valence-corrected chi connectivity index (χ2v) is 7.33. The van der Waals surface area contributed by atoms with Gasteiger partial charge in [-0.15, -0.1) is 11.6 Å². The Bertz CT molecular complexity index is 630. The minimum atomic E-state index is -4.60. The molecule has 1 saturated carbocycles. The Balaban J connectivity index is 2.43. The molecule has 1 fully saturated rings. The van der Waals surface area contributed by atoms with E-state index in [2.05, 4.69) is 0 Å². The summed E-state index contributed by atoms with van der Waals surface area (Å²) >= 11 is 11.5. The van der Waals surface area contributed by atoms with Gasteiger partial charge in [-0.2, -0.15) is 17.5 Å². The standard InChI is InChI=1S/C12H12Cl2F3NO2S/c13-6-8-1-4-10(14)11(5-8)21(19,20)18(9-2-3-9)7-12(15,16)17/h1,4-5,9H,2-3,6-7H2. The van der Waals surface area contributed by atoms with E-state index in [1.54, 1.807) is 0 Å². The summed E-state index contributed by atoms with van der Waals surface area (Å²) in [6.45, 7) is -1.51. The molecule has 0 unspecified atom stereocenters. The van der Waals surface area contributed by atoms with Crippen LogP contribution in [0.25, 0.3) is 0 Å². The van der Waals surface area contributed by atoms with Crippen molar-refractivity contribution in [1.29, 1.82) is 0 Å². The van der Waals surface area contributed by atoms with Gasteiger partial charge in [0.05, 0.1) is 5.02 Å². The number of nitrogens with zero attached hydrogens (tertiary/aromatic N) is 1. The Morgan fingerprint density at radius 3 is 2.38 bits per heavy atom. The van der Waals surface area contributed by atoms with Crippen LogP contribution in [0.5, 0.6) is 0 Å². The van der Waals surface area contributed by atoms with E-state index in [1.165, 1.54) is 18.2 Å². The van der Waals surface area contributed by atoms with Gasteiger partial charge in [0.25, 0.3) is 0 Å². The van der Waals surface area contributed by atoms with Gasteiger partial charge >= 0.3 is 6.18 Å². The van der Waals surface area contributed by atoms with Crippen LogP contribution in [0.3, 0.4) is 0 Å². The minimum Gasteiger partial charge on any atom is -0.207 e. The minimum absolute atomic E-state index is 0.0440. The van der Waals surface area contributed by atoms with Gasteiger partial charge in [-0.3, -0.25) is 0 Å². The highest BCUT2D eigenvalue weighted by atomic mass is 35.5. The average Bonchev–Trinajstić information content (AvgIpc) is 3.19. The van der Waals surface area contributed by atoms with E-state index in [1.807, 2.05) is 0 Å². The van der Waals surface area contributed by atoms with Crippen molar-refractivity contribution in [1.82, 2.24) is 4.31 Å². The zero-order chi connectivity index (χ0) is 15.8. The van der Waals surface area contributed by atoms with Crippen LogP contribution in [-0.2, 0) is 15.9 Å². The maximum atomic E-state index is 12.6. The Kier molecular flexibility index (Phi) is 4.78. The largest absolute Gasteiger partial charge is 0.402 e. The van der Waals surface area contributed by atoms with E-state index in [-0.39, 0.29) is 15.8 Å². The summed E-state index contributed by atoms with van der Waals surface area (Å²) < 4.78 is 63.3. The first kappa shape index (κ1) is 16.9. The van der Waals surface area contributed by atoms with Crippen LogP contribution in [0.2, 0.25) is 5.02 Å². The summed E-state index contributed by atoms with van der Waals surface area (Å²) in [6, 6.07) is 3.45. The van der Waals surface area contributed by atoms with Crippen LogP contribution >= 0.6 is 23.2 Å². The number of hydrogen-bond donors (Lipinski definition) is 0. The first-order chi connectivity index (χ1) is 9.65. The second kappa shape index (κ2) is 5.95. The third kappa shape index (κ3) is 4.03. The van der Waals surface area contributed by atoms with E-state index in [0.29, 0.717) is 22.7 Å². The molecule has 1 aromatic carbocycles. The van der Waals surface area contributed by atoms with Crippen LogP contribution in [0.4, 0.5) is 13.2 Å². The van der Waals surface area contributed by atoms with Crippen molar-refractivity contribution < 1.29 is 21.6 Å². The summed E-state index contributed by atoms with van der Waals surface area (Å²) in [7, 11) is -4.31. The quantitative estimate of drug-likeness (QED) is 0.748. The lowest BCUT2D eigenvalue weighted by atomic mass is 10.2. The summed E-state index contributed by atoms with van der Waals surface area (Å²) in [5, 5.41) is -0.114. The summed E-state index contributed by atoms with van der Waals surface area (Å²) in [6.07, 6.45) is -3.77. The van der Waals surface area contributed by atoms with Gasteiger partial charge in [-0.05, 0) is 30.5 Å². The third-order valence-corrected chi connectivity index (χ3v) is 5.71. The number of halogens is 5. The maximum Gasteiger partial charge on any atom is 0.402 e. The molecule has 0 aliphatic heterocycles. The number of rotatable bonds is 5. The van der Waals surface area contributed by atoms with Crippen molar-refractivity contribution in [2.24, 2.45) is 0 Å². The number of hydrogen-bond acceptors (Lipinski definition) is 2. The first-order valence-electron chi connectivity index (χ1n) is 6.08. The zero-order valence-electron chi connectivity index (χ0n) is 10.7. The molecule has 0 saturated heterocycles. The summed E-state index contributed by atoms with van der Waals surface area (Å²) in [5.41, 5.74) is 0.474. The smallest absolute Gasteiger partial charge is 0.207 e. The molecule has 118 valence electrons. The molecule has 0 atom stereocenters. The molecular weight excluding hydrogens is 350 g/mol. The van der Waals surface area contributed by atoms with E-state index in [4.69, 9.17) is 23.2 Å². The SMILES string of the molecule is O=S(=O)(c1cc(CCl)ccc1Cl)N(CC(F)(F)F)C1CC1. The molecule has 0 amide bonds. The Labute approximate surface area is 130 Å². The van der Waals surface area contributed by atoms with Gasteiger partial charge in [0.2, 0.25) is 10.0 Å². The zero-order valence-corrected chi connectivity index (χ0v) is 13.0. The van der Waals surface area contributed by atoms with Crippen molar-refractivity contribution >= 4 is 33.2 Å². The van der Waals surface area contributed by atoms with Gasteiger partial charge < -0.3 is 0 Å². The van der Waals surface area contributed by atoms with Gasteiger partial charge in [-0.25, -0.2) is 8.42 Å². The normalized spacial score (nSPS) is 16.5. The second-order valence-electron chi connectivity index (χ2n) is 4.80. The third-order valence-electron chi connectivity index (χ3n) is 3.03. The maximum absolute atomic E-state index is 12.6. The molecule has 0 aromatic heterocycles. The van der Waals surface area contributed by atoms with Gasteiger partial charge in [0.15, 0.2) is 0 Å². The topological polar surface area (TPSA) is 37.4 Å². The average molecular weight is 362 g/mol. The lowest BCUT2D eigenvalue weighted by molar-refractivity contribution is -0.137. The fraction of sp³-hybridized carbons (Fsp3) is 0.500. The predicted octanol–water partition coefficient (Wildman–Crippen LogP) is 3.79. The highest BCUT2D eigenvalue weighted by Crippen LogP contribution is 2.36. The molecular formula is C12H12Cl2F3NO2S. The fourth-order valence-corrected chi connectivity index (χ4v) is 4.27. The molecule has 2 rings (SSSR count). The van der Waals surface area contributed by atoms with Gasteiger partial charge in [0, 0.05) is 11.9 Å². The van der Waals surface area contributed by atoms with E-state index >= 15 is 0 Å². The van der Waals surface area contributed by atoms with E-state index in [9.17, 15) is 21.6 Å². The number of alkyl halides is 4. The highest BCUT2D eigenvalue weighted by Gasteiger charge is 2.45. The molecule has 1 aromatic rings. The van der Waals surface area contributed by atoms with Crippen LogP contribution in [0.15, 0.2) is 23.1 Å². The lowest BCUT2D eigenvalue weighted by Gasteiger charge is -2.23. The van der Waals surface area contributed by atoms with Gasteiger partial charge in [-0.1, -0.05) is 17.7 Å². The molecule has 0 radical (unpaired) electrons. The van der Waals surface area contributed by atoms with Gasteiger partial charge in [0.1, 0.15) is 11.4 Å². The van der Waals surface area contributed by atoms with Crippen LogP contribution in [0, 0.1) is 0 Å². The molecule has 0 N–H and O–H groups in total. The molecule has 21 heavy (non-hydrogen) atoms. The monoisotopic (exact) mass is 361 g/mol. The molecule has 1 aliphatic rings. The van der Waals surface area contributed by atoms with Crippen molar-refractivity contribution in [3.8, 4) is 0 Å². The van der Waals surface area contributed by atoms with Crippen molar-refractivity contribution in [2.75, 3.05) is 6.54 Å². The van der Waals surface area contributed by atoms with E-state index < -0.39 is 28.8 Å². The Morgan fingerprint density at radius 1 is 1.29 bits per heavy atom. The molecule has 0 bridgehead atoms. The number of benzene rings is 1. The van der Waals surface area contributed by atoms with Crippen molar-refractivity contribution in [3.05, 3.63) is 28.8 Å². The molecule has 1 aliphatic carbocycles. The number of sulfonamides is 1. The fourth-order valence-electron chi connectivity index (χ4n) is 1.90. The molecule has 0 spiro atoms. The van der Waals surface area contributed by atoms with Crippen LogP contribution < -0.4 is 0 Å². The molecule has 9 heteroatoms. The van der Waals surface area contributed by atoms with E-state index in [0.717, 1.165) is 0 Å². The Hall–Kier alpha value is -0.500.